The minimum absolute atomic E-state index is 0.277. The highest BCUT2D eigenvalue weighted by Crippen LogP contribution is 2.30. The van der Waals surface area contributed by atoms with E-state index in [9.17, 15) is 17.6 Å². The van der Waals surface area contributed by atoms with Crippen LogP contribution in [0.2, 0.25) is 0 Å². The third kappa shape index (κ3) is 4.62. The molecule has 4 rings (SSSR count). The Labute approximate surface area is 181 Å². The molecule has 3 aromatic rings. The van der Waals surface area contributed by atoms with Gasteiger partial charge in [-0.15, -0.1) is 0 Å². The number of aryl methyl sites for hydroxylation is 1. The summed E-state index contributed by atoms with van der Waals surface area (Å²) in [5.74, 6) is -0.419. The lowest BCUT2D eigenvalue weighted by Gasteiger charge is -2.36. The van der Waals surface area contributed by atoms with E-state index in [-0.39, 0.29) is 5.56 Å². The molecule has 31 heavy (non-hydrogen) atoms. The van der Waals surface area contributed by atoms with E-state index in [1.807, 2.05) is 54.6 Å². The fourth-order valence-electron chi connectivity index (χ4n) is 4.41. The molecule has 0 aliphatic carbocycles. The first kappa shape index (κ1) is 21.5. The fourth-order valence-corrected chi connectivity index (χ4v) is 5.24. The molecule has 0 saturated carbocycles. The number of fused-ring (bicyclic) bond motifs is 1. The third-order valence-corrected chi connectivity index (χ3v) is 6.53. The van der Waals surface area contributed by atoms with Gasteiger partial charge in [0.25, 0.3) is 5.56 Å². The molecule has 0 amide bonds. The zero-order valence-corrected chi connectivity index (χ0v) is 18.3. The van der Waals surface area contributed by atoms with Gasteiger partial charge < -0.3 is 4.57 Å². The second kappa shape index (κ2) is 8.40. The zero-order chi connectivity index (χ0) is 22.2. The Hall–Kier alpha value is -2.77. The van der Waals surface area contributed by atoms with Crippen LogP contribution >= 0.6 is 0 Å². The Morgan fingerprint density at radius 3 is 2.48 bits per heavy atom. The van der Waals surface area contributed by atoms with Crippen LogP contribution in [0.25, 0.3) is 11.1 Å². The minimum Gasteiger partial charge on any atom is -0.304 e. The first-order valence-electron chi connectivity index (χ1n) is 10.2. The van der Waals surface area contributed by atoms with E-state index in [1.165, 1.54) is 10.6 Å². The average Bonchev–Trinajstić information content (AvgIpc) is 2.73. The Balaban J connectivity index is 1.78. The van der Waals surface area contributed by atoms with Crippen LogP contribution in [0.5, 0.6) is 0 Å². The molecule has 2 heterocycles. The fraction of sp³-hybridized carbons (Fsp3) is 0.292. The maximum absolute atomic E-state index is 14.7. The molecule has 5 nitrogen and oxygen atoms in total. The number of hydrogen-bond donors (Lipinski definition) is 1. The quantitative estimate of drug-likeness (QED) is 0.659. The van der Waals surface area contributed by atoms with Crippen LogP contribution in [-0.2, 0) is 22.9 Å². The summed E-state index contributed by atoms with van der Waals surface area (Å²) in [6.45, 7) is 1.58. The molecule has 0 bridgehead atoms. The predicted molar refractivity (Wildman–Crippen MR) is 120 cm³/mol. The molecule has 7 heteroatoms. The van der Waals surface area contributed by atoms with Gasteiger partial charge in [-0.05, 0) is 48.9 Å². The number of nitrogens with zero attached hydrogens (tertiary/aromatic N) is 1. The third-order valence-electron chi connectivity index (χ3n) is 5.80. The number of aromatic nitrogens is 1. The number of nitrogens with one attached hydrogen (secondary N) is 1. The largest absolute Gasteiger partial charge is 0.304 e. The molecule has 1 N–H and O–H groups in total. The monoisotopic (exact) mass is 440 g/mol. The van der Waals surface area contributed by atoms with Gasteiger partial charge in [0.2, 0.25) is 10.0 Å². The van der Waals surface area contributed by atoms with Crippen LogP contribution in [0.4, 0.5) is 4.39 Å². The molecule has 162 valence electrons. The summed E-state index contributed by atoms with van der Waals surface area (Å²) in [6, 6.07) is 18.1. The molecule has 0 fully saturated rings. The lowest BCUT2D eigenvalue weighted by atomic mass is 9.90. The van der Waals surface area contributed by atoms with Crippen molar-refractivity contribution < 1.29 is 12.8 Å². The highest BCUT2D eigenvalue weighted by molar-refractivity contribution is 7.88. The second-order valence-corrected chi connectivity index (χ2v) is 9.95. The lowest BCUT2D eigenvalue weighted by Crippen LogP contribution is -2.49. The van der Waals surface area contributed by atoms with Gasteiger partial charge in [0, 0.05) is 11.6 Å². The van der Waals surface area contributed by atoms with E-state index in [1.54, 1.807) is 6.92 Å². The standard InChI is InChI=1S/C24H25FN2O3S/c1-16-13-20(25)22-12-11-21(26-31(2,29)30)23(27(22)24(16)28)15-17-7-6-10-19(14-17)18-8-4-3-5-9-18/h3-10,13-14,21,23,26H,11-12,15H2,1-2H3. The van der Waals surface area contributed by atoms with Crippen molar-refractivity contribution in [3.63, 3.8) is 0 Å². The molecule has 2 aromatic carbocycles. The summed E-state index contributed by atoms with van der Waals surface area (Å²) in [5, 5.41) is 0. The van der Waals surface area contributed by atoms with Gasteiger partial charge in [-0.1, -0.05) is 54.6 Å². The molecule has 2 unspecified atom stereocenters. The summed E-state index contributed by atoms with van der Waals surface area (Å²) in [6.07, 6.45) is 2.24. The summed E-state index contributed by atoms with van der Waals surface area (Å²) >= 11 is 0. The highest BCUT2D eigenvalue weighted by Gasteiger charge is 2.34. The molecular weight excluding hydrogens is 415 g/mol. The molecule has 1 aromatic heterocycles. The van der Waals surface area contributed by atoms with Crippen molar-refractivity contribution in [2.24, 2.45) is 0 Å². The summed E-state index contributed by atoms with van der Waals surface area (Å²) in [5.41, 5.74) is 3.42. The Morgan fingerprint density at radius 1 is 1.06 bits per heavy atom. The Bertz CT molecular complexity index is 1270. The van der Waals surface area contributed by atoms with Crippen LogP contribution in [0, 0.1) is 12.7 Å². The van der Waals surface area contributed by atoms with Gasteiger partial charge in [0.15, 0.2) is 0 Å². The first-order valence-corrected chi connectivity index (χ1v) is 12.1. The molecule has 0 spiro atoms. The van der Waals surface area contributed by atoms with Crippen molar-refractivity contribution in [3.05, 3.63) is 93.7 Å². The van der Waals surface area contributed by atoms with Crippen LogP contribution in [0.3, 0.4) is 0 Å². The van der Waals surface area contributed by atoms with Gasteiger partial charge in [-0.25, -0.2) is 17.5 Å². The van der Waals surface area contributed by atoms with Crippen molar-refractivity contribution in [3.8, 4) is 11.1 Å². The smallest absolute Gasteiger partial charge is 0.254 e. The predicted octanol–water partition coefficient (Wildman–Crippen LogP) is 3.61. The Kier molecular flexibility index (Phi) is 5.81. The van der Waals surface area contributed by atoms with Gasteiger partial charge in [-0.2, -0.15) is 0 Å². The average molecular weight is 441 g/mol. The summed E-state index contributed by atoms with van der Waals surface area (Å²) in [4.78, 5) is 13.0. The van der Waals surface area contributed by atoms with Crippen molar-refractivity contribution in [2.45, 2.75) is 38.3 Å². The van der Waals surface area contributed by atoms with Gasteiger partial charge >= 0.3 is 0 Å². The van der Waals surface area contributed by atoms with Crippen LogP contribution in [0.15, 0.2) is 65.5 Å². The maximum atomic E-state index is 14.7. The molecule has 0 radical (unpaired) electrons. The summed E-state index contributed by atoms with van der Waals surface area (Å²) in [7, 11) is -3.49. The van der Waals surface area contributed by atoms with E-state index in [0.717, 1.165) is 22.9 Å². The van der Waals surface area contributed by atoms with Gasteiger partial charge in [0.1, 0.15) is 5.82 Å². The Morgan fingerprint density at radius 2 is 1.77 bits per heavy atom. The van der Waals surface area contributed by atoms with Gasteiger partial charge in [-0.3, -0.25) is 4.79 Å². The number of benzene rings is 2. The highest BCUT2D eigenvalue weighted by atomic mass is 32.2. The number of rotatable bonds is 5. The topological polar surface area (TPSA) is 68.2 Å². The van der Waals surface area contributed by atoms with E-state index in [2.05, 4.69) is 4.72 Å². The van der Waals surface area contributed by atoms with Crippen molar-refractivity contribution >= 4 is 10.0 Å². The maximum Gasteiger partial charge on any atom is 0.254 e. The SMILES string of the molecule is Cc1cc(F)c2n(c1=O)C(Cc1cccc(-c3ccccc3)c1)C(NS(C)(=O)=O)CC2. The van der Waals surface area contributed by atoms with E-state index in [4.69, 9.17) is 0 Å². The van der Waals surface area contributed by atoms with Crippen molar-refractivity contribution in [2.75, 3.05) is 6.26 Å². The minimum atomic E-state index is -3.49. The van der Waals surface area contributed by atoms with Crippen LogP contribution in [-0.4, -0.2) is 25.3 Å². The van der Waals surface area contributed by atoms with E-state index in [0.29, 0.717) is 30.5 Å². The van der Waals surface area contributed by atoms with Crippen LogP contribution < -0.4 is 10.3 Å². The number of halogens is 1. The molecular formula is C24H25FN2O3S. The number of pyridine rings is 1. The first-order chi connectivity index (χ1) is 14.7. The van der Waals surface area contributed by atoms with E-state index >= 15 is 0 Å². The lowest BCUT2D eigenvalue weighted by molar-refractivity contribution is 0.305. The second-order valence-electron chi connectivity index (χ2n) is 8.17. The number of sulfonamides is 1. The van der Waals surface area contributed by atoms with Crippen LogP contribution in [0.1, 0.15) is 29.3 Å². The molecule has 1 aliphatic heterocycles. The van der Waals surface area contributed by atoms with E-state index < -0.39 is 27.9 Å². The normalized spacial score (nSPS) is 18.5. The molecule has 1 aliphatic rings. The van der Waals surface area contributed by atoms with Crippen molar-refractivity contribution in [1.82, 2.24) is 9.29 Å². The van der Waals surface area contributed by atoms with Crippen molar-refractivity contribution in [1.29, 1.82) is 0 Å². The molecule has 2 atom stereocenters. The molecule has 0 saturated heterocycles. The van der Waals surface area contributed by atoms with Gasteiger partial charge in [0.05, 0.1) is 18.0 Å². The zero-order valence-electron chi connectivity index (χ0n) is 17.5. The summed E-state index contributed by atoms with van der Waals surface area (Å²) < 4.78 is 42.8. The number of hydrogen-bond acceptors (Lipinski definition) is 3.